The van der Waals surface area contributed by atoms with Crippen molar-refractivity contribution in [2.45, 2.75) is 45.4 Å². The average molecular weight is 300 g/mol. The molecule has 20 heavy (non-hydrogen) atoms. The summed E-state index contributed by atoms with van der Waals surface area (Å²) in [6, 6.07) is 0. The Hall–Kier alpha value is -0.555. The summed E-state index contributed by atoms with van der Waals surface area (Å²) in [5.74, 6) is 0.700. The fraction of sp³-hybridized carbons (Fsp3) is 0.769. The molecule has 2 fully saturated rings. The van der Waals surface area contributed by atoms with Crippen molar-refractivity contribution >= 4 is 25.0 Å². The van der Waals surface area contributed by atoms with Gasteiger partial charge in [0.1, 0.15) is 0 Å². The van der Waals surface area contributed by atoms with Gasteiger partial charge >= 0.3 is 7.12 Å². The molecule has 2 aliphatic heterocycles. The normalized spacial score (nSPS) is 24.3. The second-order valence-electron chi connectivity index (χ2n) is 6.61. The van der Waals surface area contributed by atoms with Crippen LogP contribution in [0.1, 0.15) is 27.7 Å². The minimum absolute atomic E-state index is 0. The van der Waals surface area contributed by atoms with Gasteiger partial charge in [-0.15, -0.1) is 12.4 Å². The van der Waals surface area contributed by atoms with E-state index in [0.29, 0.717) is 5.92 Å². The standard InChI is InChI=1S/C13H22BN3O2.ClH/c1-12(2)13(3,4)19-14(18-12)11-7-16-17(9-11)8-10-5-15-6-10;/h7,9-10,15H,5-6,8H2,1-4H3;1H. The van der Waals surface area contributed by atoms with Crippen LogP contribution < -0.4 is 10.8 Å². The molecule has 0 amide bonds. The molecule has 112 valence electrons. The molecule has 0 unspecified atom stereocenters. The molecule has 0 bridgehead atoms. The van der Waals surface area contributed by atoms with E-state index in [0.717, 1.165) is 25.1 Å². The van der Waals surface area contributed by atoms with Gasteiger partial charge in [-0.25, -0.2) is 0 Å². The van der Waals surface area contributed by atoms with Gasteiger partial charge in [-0.05, 0) is 27.7 Å². The highest BCUT2D eigenvalue weighted by Gasteiger charge is 2.52. The van der Waals surface area contributed by atoms with Crippen LogP contribution in [0.4, 0.5) is 0 Å². The van der Waals surface area contributed by atoms with Gasteiger partial charge in [0.05, 0.1) is 11.2 Å². The highest BCUT2D eigenvalue weighted by atomic mass is 35.5. The van der Waals surface area contributed by atoms with E-state index in [2.05, 4.69) is 38.1 Å². The molecule has 1 N–H and O–H groups in total. The van der Waals surface area contributed by atoms with Crippen molar-refractivity contribution in [2.75, 3.05) is 13.1 Å². The second kappa shape index (κ2) is 5.33. The number of nitrogens with one attached hydrogen (secondary N) is 1. The molecule has 0 aliphatic carbocycles. The largest absolute Gasteiger partial charge is 0.498 e. The molecular formula is C13H23BClN3O2. The number of halogens is 1. The van der Waals surface area contributed by atoms with Crippen LogP contribution in [-0.2, 0) is 15.9 Å². The van der Waals surface area contributed by atoms with Crippen LogP contribution in [0, 0.1) is 5.92 Å². The monoisotopic (exact) mass is 299 g/mol. The van der Waals surface area contributed by atoms with Crippen LogP contribution in [0.25, 0.3) is 0 Å². The van der Waals surface area contributed by atoms with Crippen molar-refractivity contribution in [1.82, 2.24) is 15.1 Å². The van der Waals surface area contributed by atoms with Crippen LogP contribution in [0.2, 0.25) is 0 Å². The highest BCUT2D eigenvalue weighted by Crippen LogP contribution is 2.36. The zero-order valence-electron chi connectivity index (χ0n) is 12.5. The third-order valence-electron chi connectivity index (χ3n) is 4.49. The van der Waals surface area contributed by atoms with Gasteiger partial charge in [0, 0.05) is 43.4 Å². The lowest BCUT2D eigenvalue weighted by molar-refractivity contribution is 0.00578. The fourth-order valence-electron chi connectivity index (χ4n) is 2.32. The van der Waals surface area contributed by atoms with E-state index in [1.165, 1.54) is 0 Å². The third kappa shape index (κ3) is 2.75. The number of rotatable bonds is 3. The fourth-order valence-corrected chi connectivity index (χ4v) is 2.32. The number of hydrogen-bond donors (Lipinski definition) is 1. The van der Waals surface area contributed by atoms with Crippen LogP contribution in [-0.4, -0.2) is 41.2 Å². The quantitative estimate of drug-likeness (QED) is 0.840. The smallest absolute Gasteiger partial charge is 0.399 e. The third-order valence-corrected chi connectivity index (χ3v) is 4.49. The minimum atomic E-state index is -0.307. The highest BCUT2D eigenvalue weighted by molar-refractivity contribution is 6.61. The first-order valence-electron chi connectivity index (χ1n) is 6.96. The summed E-state index contributed by atoms with van der Waals surface area (Å²) in [5, 5.41) is 7.68. The first-order valence-corrected chi connectivity index (χ1v) is 6.96. The molecule has 1 aromatic heterocycles. The van der Waals surface area contributed by atoms with Gasteiger partial charge < -0.3 is 14.6 Å². The summed E-state index contributed by atoms with van der Waals surface area (Å²) in [6.07, 6.45) is 3.90. The van der Waals surface area contributed by atoms with E-state index in [4.69, 9.17) is 9.31 Å². The number of nitrogens with zero attached hydrogens (tertiary/aromatic N) is 2. The summed E-state index contributed by atoms with van der Waals surface area (Å²) in [7, 11) is -0.307. The minimum Gasteiger partial charge on any atom is -0.399 e. The molecule has 1 aromatic rings. The zero-order valence-corrected chi connectivity index (χ0v) is 13.4. The predicted molar refractivity (Wildman–Crippen MR) is 81.6 cm³/mol. The topological polar surface area (TPSA) is 48.3 Å². The Morgan fingerprint density at radius 2 is 1.90 bits per heavy atom. The summed E-state index contributed by atoms with van der Waals surface area (Å²) in [6.45, 7) is 11.4. The average Bonchev–Trinajstić information content (AvgIpc) is 2.77. The summed E-state index contributed by atoms with van der Waals surface area (Å²) in [4.78, 5) is 0. The molecule has 5 nitrogen and oxygen atoms in total. The Bertz CT molecular complexity index is 458. The van der Waals surface area contributed by atoms with E-state index in [9.17, 15) is 0 Å². The molecule has 0 saturated carbocycles. The molecule has 0 spiro atoms. The van der Waals surface area contributed by atoms with Crippen molar-refractivity contribution in [3.05, 3.63) is 12.4 Å². The Balaban J connectivity index is 0.00000147. The molecule has 0 radical (unpaired) electrons. The van der Waals surface area contributed by atoms with Gasteiger partial charge in [-0.2, -0.15) is 5.10 Å². The molecule has 0 atom stereocenters. The molecule has 0 aromatic carbocycles. The van der Waals surface area contributed by atoms with E-state index < -0.39 is 0 Å². The van der Waals surface area contributed by atoms with Gasteiger partial charge in [0.25, 0.3) is 0 Å². The molecule has 3 rings (SSSR count). The SMILES string of the molecule is CC1(C)OB(c2cnn(CC3CNC3)c2)OC1(C)C.Cl. The number of hydrogen-bond acceptors (Lipinski definition) is 4. The van der Waals surface area contributed by atoms with E-state index in [-0.39, 0.29) is 30.7 Å². The Morgan fingerprint density at radius 3 is 2.40 bits per heavy atom. The lowest BCUT2D eigenvalue weighted by atomic mass is 9.82. The van der Waals surface area contributed by atoms with Crippen LogP contribution in [0.15, 0.2) is 12.4 Å². The van der Waals surface area contributed by atoms with Crippen LogP contribution in [0.3, 0.4) is 0 Å². The predicted octanol–water partition coefficient (Wildman–Crippen LogP) is 0.823. The Labute approximate surface area is 126 Å². The lowest BCUT2D eigenvalue weighted by Crippen LogP contribution is -2.44. The maximum Gasteiger partial charge on any atom is 0.498 e. The zero-order chi connectivity index (χ0) is 13.7. The summed E-state index contributed by atoms with van der Waals surface area (Å²) < 4.78 is 14.0. The van der Waals surface area contributed by atoms with Crippen molar-refractivity contribution < 1.29 is 9.31 Å². The van der Waals surface area contributed by atoms with Gasteiger partial charge in [0.15, 0.2) is 0 Å². The lowest BCUT2D eigenvalue weighted by Gasteiger charge is -2.32. The Kier molecular flexibility index (Phi) is 4.22. The molecule has 2 saturated heterocycles. The molecular weight excluding hydrogens is 276 g/mol. The van der Waals surface area contributed by atoms with Crippen molar-refractivity contribution in [1.29, 1.82) is 0 Å². The van der Waals surface area contributed by atoms with Crippen molar-refractivity contribution in [3.63, 3.8) is 0 Å². The molecule has 3 heterocycles. The first kappa shape index (κ1) is 15.8. The van der Waals surface area contributed by atoms with E-state index in [1.54, 1.807) is 0 Å². The summed E-state index contributed by atoms with van der Waals surface area (Å²) >= 11 is 0. The number of aromatic nitrogens is 2. The van der Waals surface area contributed by atoms with Crippen LogP contribution >= 0.6 is 12.4 Å². The van der Waals surface area contributed by atoms with E-state index >= 15 is 0 Å². The van der Waals surface area contributed by atoms with Crippen molar-refractivity contribution in [3.8, 4) is 0 Å². The maximum absolute atomic E-state index is 6.02. The van der Waals surface area contributed by atoms with Crippen molar-refractivity contribution in [2.24, 2.45) is 5.92 Å². The van der Waals surface area contributed by atoms with Gasteiger partial charge in [-0.3, -0.25) is 4.68 Å². The van der Waals surface area contributed by atoms with Gasteiger partial charge in [-0.1, -0.05) is 0 Å². The second-order valence-corrected chi connectivity index (χ2v) is 6.61. The summed E-state index contributed by atoms with van der Waals surface area (Å²) in [5.41, 5.74) is 0.418. The van der Waals surface area contributed by atoms with Gasteiger partial charge in [0.2, 0.25) is 0 Å². The Morgan fingerprint density at radius 1 is 1.30 bits per heavy atom. The van der Waals surface area contributed by atoms with Crippen LogP contribution in [0.5, 0.6) is 0 Å². The molecule has 2 aliphatic rings. The molecule has 7 heteroatoms. The van der Waals surface area contributed by atoms with E-state index in [1.807, 2.05) is 17.1 Å². The first-order chi connectivity index (χ1) is 8.87. The maximum atomic E-state index is 6.02.